The molecule has 0 aliphatic heterocycles. The second-order valence-electron chi connectivity index (χ2n) is 4.48. The quantitative estimate of drug-likeness (QED) is 0.446. The Labute approximate surface area is 124 Å². The fraction of sp³-hybridized carbons (Fsp3) is 0.429. The van der Waals surface area contributed by atoms with Gasteiger partial charge in [0.15, 0.2) is 5.78 Å². The number of esters is 1. The maximum atomic E-state index is 11.9. The van der Waals surface area contributed by atoms with E-state index in [4.69, 9.17) is 4.74 Å². The molecule has 6 nitrogen and oxygen atoms in total. The summed E-state index contributed by atoms with van der Waals surface area (Å²) in [4.78, 5) is 22.5. The van der Waals surface area contributed by atoms with E-state index in [1.165, 1.54) is 31.2 Å². The van der Waals surface area contributed by atoms with Crippen molar-refractivity contribution in [1.29, 1.82) is 0 Å². The van der Waals surface area contributed by atoms with E-state index in [0.29, 0.717) is 5.56 Å². The maximum absolute atomic E-state index is 11.9. The van der Waals surface area contributed by atoms with Gasteiger partial charge in [0.25, 0.3) is 0 Å². The standard InChI is InChI=1S/C14H19NO5S/c1-3-4-9-20-14(17)10-15-21(18,19)13-7-5-12(6-8-13)11(2)16/h5-8,15H,3-4,9-10H2,1-2H3. The van der Waals surface area contributed by atoms with E-state index in [1.807, 2.05) is 6.92 Å². The van der Waals surface area contributed by atoms with Crippen LogP contribution in [0.15, 0.2) is 29.2 Å². The molecule has 0 aliphatic carbocycles. The number of ether oxygens (including phenoxy) is 1. The summed E-state index contributed by atoms with van der Waals surface area (Å²) in [5.74, 6) is -0.765. The van der Waals surface area contributed by atoms with E-state index in [2.05, 4.69) is 4.72 Å². The topological polar surface area (TPSA) is 89.5 Å². The van der Waals surface area contributed by atoms with Gasteiger partial charge in [-0.15, -0.1) is 0 Å². The largest absolute Gasteiger partial charge is 0.465 e. The first kappa shape index (κ1) is 17.3. The SMILES string of the molecule is CCCCOC(=O)CNS(=O)(=O)c1ccc(C(C)=O)cc1. The molecule has 0 spiro atoms. The van der Waals surface area contributed by atoms with Crippen molar-refractivity contribution in [2.45, 2.75) is 31.6 Å². The van der Waals surface area contributed by atoms with Gasteiger partial charge < -0.3 is 4.74 Å². The maximum Gasteiger partial charge on any atom is 0.321 e. The highest BCUT2D eigenvalue weighted by atomic mass is 32.2. The average molecular weight is 313 g/mol. The molecule has 1 rings (SSSR count). The number of hydrogen-bond donors (Lipinski definition) is 1. The molecule has 0 amide bonds. The molecule has 7 heteroatoms. The zero-order chi connectivity index (χ0) is 15.9. The molecule has 21 heavy (non-hydrogen) atoms. The molecule has 1 aromatic carbocycles. The number of unbranched alkanes of at least 4 members (excludes halogenated alkanes) is 1. The average Bonchev–Trinajstić information content (AvgIpc) is 2.45. The Bertz CT molecular complexity index is 592. The van der Waals surface area contributed by atoms with Gasteiger partial charge in [0.05, 0.1) is 11.5 Å². The zero-order valence-electron chi connectivity index (χ0n) is 12.1. The second kappa shape index (κ2) is 7.90. The Morgan fingerprint density at radius 1 is 1.19 bits per heavy atom. The van der Waals surface area contributed by atoms with E-state index in [-0.39, 0.29) is 17.3 Å². The highest BCUT2D eigenvalue weighted by Crippen LogP contribution is 2.10. The van der Waals surface area contributed by atoms with Gasteiger partial charge in [-0.25, -0.2) is 8.42 Å². The molecule has 116 valence electrons. The van der Waals surface area contributed by atoms with Crippen LogP contribution in [0, 0.1) is 0 Å². The lowest BCUT2D eigenvalue weighted by molar-refractivity contribution is -0.142. The Morgan fingerprint density at radius 3 is 2.33 bits per heavy atom. The van der Waals surface area contributed by atoms with Gasteiger partial charge in [-0.3, -0.25) is 9.59 Å². The first-order chi connectivity index (χ1) is 9.86. The van der Waals surface area contributed by atoms with E-state index in [9.17, 15) is 18.0 Å². The Balaban J connectivity index is 2.61. The number of carbonyl (C=O) groups is 2. The molecule has 0 fully saturated rings. The number of ketones is 1. The molecule has 0 aliphatic rings. The molecule has 0 radical (unpaired) electrons. The molecule has 1 aromatic rings. The van der Waals surface area contributed by atoms with Crippen LogP contribution in [0.2, 0.25) is 0 Å². The summed E-state index contributed by atoms with van der Waals surface area (Å²) in [5.41, 5.74) is 0.424. The van der Waals surface area contributed by atoms with E-state index in [1.54, 1.807) is 0 Å². The van der Waals surface area contributed by atoms with Crippen LogP contribution in [-0.2, 0) is 19.6 Å². The number of Topliss-reactive ketones (excluding diaryl/α,β-unsaturated/α-hetero) is 1. The molecule has 0 bridgehead atoms. The van der Waals surface area contributed by atoms with E-state index < -0.39 is 22.5 Å². The van der Waals surface area contributed by atoms with Crippen molar-refractivity contribution in [2.75, 3.05) is 13.2 Å². The van der Waals surface area contributed by atoms with Gasteiger partial charge in [-0.2, -0.15) is 4.72 Å². The van der Waals surface area contributed by atoms with Crippen LogP contribution >= 0.6 is 0 Å². The summed E-state index contributed by atoms with van der Waals surface area (Å²) >= 11 is 0. The van der Waals surface area contributed by atoms with Crippen LogP contribution in [0.1, 0.15) is 37.0 Å². The molecule has 0 atom stereocenters. The lowest BCUT2D eigenvalue weighted by atomic mass is 10.2. The Morgan fingerprint density at radius 2 is 1.81 bits per heavy atom. The molecule has 0 saturated heterocycles. The van der Waals surface area contributed by atoms with Crippen LogP contribution < -0.4 is 4.72 Å². The van der Waals surface area contributed by atoms with Crippen molar-refractivity contribution < 1.29 is 22.7 Å². The summed E-state index contributed by atoms with van der Waals surface area (Å²) < 4.78 is 30.9. The van der Waals surface area contributed by atoms with Crippen molar-refractivity contribution >= 4 is 21.8 Å². The first-order valence-corrected chi connectivity index (χ1v) is 8.11. The van der Waals surface area contributed by atoms with Crippen LogP contribution in [0.3, 0.4) is 0 Å². The fourth-order valence-electron chi connectivity index (χ4n) is 1.49. The molecule has 1 N–H and O–H groups in total. The van der Waals surface area contributed by atoms with Gasteiger partial charge in [-0.05, 0) is 25.5 Å². The Kier molecular flexibility index (Phi) is 6.51. The van der Waals surface area contributed by atoms with Gasteiger partial charge in [-0.1, -0.05) is 25.5 Å². The first-order valence-electron chi connectivity index (χ1n) is 6.63. The smallest absolute Gasteiger partial charge is 0.321 e. The third kappa shape index (κ3) is 5.65. The summed E-state index contributed by atoms with van der Waals surface area (Å²) in [7, 11) is -3.79. The number of hydrogen-bond acceptors (Lipinski definition) is 5. The van der Waals surface area contributed by atoms with Crippen molar-refractivity contribution in [2.24, 2.45) is 0 Å². The summed E-state index contributed by atoms with van der Waals surface area (Å²) in [5, 5.41) is 0. The van der Waals surface area contributed by atoms with Crippen LogP contribution in [0.5, 0.6) is 0 Å². The summed E-state index contributed by atoms with van der Waals surface area (Å²) in [6.45, 7) is 3.22. The number of rotatable bonds is 8. The number of benzene rings is 1. The molecule has 0 unspecified atom stereocenters. The number of nitrogens with one attached hydrogen (secondary N) is 1. The van der Waals surface area contributed by atoms with Crippen molar-refractivity contribution in [3.05, 3.63) is 29.8 Å². The molecular formula is C14H19NO5S. The van der Waals surface area contributed by atoms with Gasteiger partial charge in [0, 0.05) is 5.56 Å². The van der Waals surface area contributed by atoms with Gasteiger partial charge >= 0.3 is 5.97 Å². The lowest BCUT2D eigenvalue weighted by Gasteiger charge is -2.07. The summed E-state index contributed by atoms with van der Waals surface area (Å²) in [6.07, 6.45) is 1.63. The second-order valence-corrected chi connectivity index (χ2v) is 6.25. The number of carbonyl (C=O) groups excluding carboxylic acids is 2. The summed E-state index contributed by atoms with van der Waals surface area (Å²) in [6, 6.07) is 5.50. The minimum Gasteiger partial charge on any atom is -0.465 e. The van der Waals surface area contributed by atoms with Crippen LogP contribution in [0.4, 0.5) is 0 Å². The molecule has 0 saturated carbocycles. The normalized spacial score (nSPS) is 11.1. The molecule has 0 heterocycles. The van der Waals surface area contributed by atoms with Crippen molar-refractivity contribution in [3.8, 4) is 0 Å². The van der Waals surface area contributed by atoms with Crippen LogP contribution in [0.25, 0.3) is 0 Å². The van der Waals surface area contributed by atoms with Crippen LogP contribution in [-0.4, -0.2) is 33.3 Å². The lowest BCUT2D eigenvalue weighted by Crippen LogP contribution is -2.30. The Hall–Kier alpha value is -1.73. The highest BCUT2D eigenvalue weighted by Gasteiger charge is 2.16. The third-order valence-corrected chi connectivity index (χ3v) is 4.16. The predicted molar refractivity (Wildman–Crippen MR) is 77.5 cm³/mol. The minimum absolute atomic E-state index is 0.00569. The van der Waals surface area contributed by atoms with Gasteiger partial charge in [0.2, 0.25) is 10.0 Å². The monoisotopic (exact) mass is 313 g/mol. The number of sulfonamides is 1. The molecular weight excluding hydrogens is 294 g/mol. The third-order valence-electron chi connectivity index (χ3n) is 2.74. The van der Waals surface area contributed by atoms with Crippen molar-refractivity contribution in [1.82, 2.24) is 4.72 Å². The van der Waals surface area contributed by atoms with Gasteiger partial charge in [0.1, 0.15) is 6.54 Å². The van der Waals surface area contributed by atoms with Crippen molar-refractivity contribution in [3.63, 3.8) is 0 Å². The minimum atomic E-state index is -3.79. The van der Waals surface area contributed by atoms with E-state index in [0.717, 1.165) is 12.8 Å². The highest BCUT2D eigenvalue weighted by molar-refractivity contribution is 7.89. The zero-order valence-corrected chi connectivity index (χ0v) is 12.9. The molecule has 0 aromatic heterocycles. The fourth-order valence-corrected chi connectivity index (χ4v) is 2.46. The van der Waals surface area contributed by atoms with E-state index >= 15 is 0 Å². The predicted octanol–water partition coefficient (Wildman–Crippen LogP) is 1.51.